The van der Waals surface area contributed by atoms with Crippen molar-refractivity contribution < 1.29 is 14.1 Å². The highest BCUT2D eigenvalue weighted by Gasteiger charge is 2.16. The van der Waals surface area contributed by atoms with Crippen LogP contribution < -0.4 is 5.32 Å². The van der Waals surface area contributed by atoms with Crippen LogP contribution in [0.15, 0.2) is 35.0 Å². The van der Waals surface area contributed by atoms with E-state index in [9.17, 15) is 4.79 Å². The fourth-order valence-corrected chi connectivity index (χ4v) is 2.24. The molecule has 1 fully saturated rings. The van der Waals surface area contributed by atoms with E-state index in [-0.39, 0.29) is 5.91 Å². The van der Waals surface area contributed by atoms with Gasteiger partial charge in [-0.2, -0.15) is 0 Å². The van der Waals surface area contributed by atoms with Gasteiger partial charge in [0.2, 0.25) is 0 Å². The average molecular weight is 302 g/mol. The smallest absolute Gasteiger partial charge is 0.273 e. The molecule has 2 aromatic rings. The number of rotatable bonds is 5. The van der Waals surface area contributed by atoms with Crippen LogP contribution in [0, 0.1) is 0 Å². The van der Waals surface area contributed by atoms with E-state index in [4.69, 9.17) is 9.26 Å². The number of nitrogens with zero attached hydrogens (tertiary/aromatic N) is 3. The van der Waals surface area contributed by atoms with Crippen molar-refractivity contribution in [2.45, 2.75) is 13.1 Å². The number of ether oxygens (including phenoxy) is 1. The molecule has 1 amide bonds. The van der Waals surface area contributed by atoms with E-state index in [1.165, 1.54) is 0 Å². The van der Waals surface area contributed by atoms with Gasteiger partial charge in [0.25, 0.3) is 5.91 Å². The largest absolute Gasteiger partial charge is 0.379 e. The molecule has 0 aliphatic carbocycles. The zero-order valence-corrected chi connectivity index (χ0v) is 12.2. The first-order chi connectivity index (χ1) is 10.8. The van der Waals surface area contributed by atoms with E-state index in [1.807, 2.05) is 18.2 Å². The molecule has 1 aliphatic heterocycles. The third kappa shape index (κ3) is 3.90. The number of hydrogen-bond donors (Lipinski definition) is 1. The van der Waals surface area contributed by atoms with E-state index in [0.29, 0.717) is 24.5 Å². The van der Waals surface area contributed by atoms with Gasteiger partial charge in [-0.3, -0.25) is 14.7 Å². The summed E-state index contributed by atoms with van der Waals surface area (Å²) in [5.74, 6) is 0.424. The first-order valence-corrected chi connectivity index (χ1v) is 7.25. The first kappa shape index (κ1) is 14.7. The molecule has 1 saturated heterocycles. The van der Waals surface area contributed by atoms with Gasteiger partial charge in [-0.1, -0.05) is 11.2 Å². The van der Waals surface area contributed by atoms with E-state index in [2.05, 4.69) is 20.4 Å². The molecular formula is C15H18N4O3. The van der Waals surface area contributed by atoms with Crippen LogP contribution in [0.4, 0.5) is 0 Å². The molecule has 0 radical (unpaired) electrons. The Morgan fingerprint density at radius 2 is 2.18 bits per heavy atom. The lowest BCUT2D eigenvalue weighted by molar-refractivity contribution is 0.0305. The lowest BCUT2D eigenvalue weighted by Gasteiger charge is -2.25. The van der Waals surface area contributed by atoms with Crippen LogP contribution >= 0.6 is 0 Å². The highest BCUT2D eigenvalue weighted by molar-refractivity contribution is 5.92. The van der Waals surface area contributed by atoms with E-state index in [0.717, 1.165) is 32.0 Å². The Labute approximate surface area is 128 Å². The van der Waals surface area contributed by atoms with Crippen molar-refractivity contribution in [3.8, 4) is 0 Å². The van der Waals surface area contributed by atoms with Gasteiger partial charge < -0.3 is 14.6 Å². The molecule has 0 aromatic carbocycles. The van der Waals surface area contributed by atoms with Crippen molar-refractivity contribution in [1.82, 2.24) is 20.4 Å². The Morgan fingerprint density at radius 3 is 2.95 bits per heavy atom. The topological polar surface area (TPSA) is 80.5 Å². The Kier molecular flexibility index (Phi) is 4.77. The lowest BCUT2D eigenvalue weighted by atomic mass is 10.3. The Morgan fingerprint density at radius 1 is 1.32 bits per heavy atom. The third-order valence-electron chi connectivity index (χ3n) is 3.43. The van der Waals surface area contributed by atoms with Crippen LogP contribution in [0.1, 0.15) is 21.9 Å². The minimum absolute atomic E-state index is 0.261. The number of carbonyl (C=O) groups is 1. The van der Waals surface area contributed by atoms with E-state index in [1.54, 1.807) is 12.3 Å². The normalized spacial score (nSPS) is 15.6. The first-order valence-electron chi connectivity index (χ1n) is 7.25. The predicted molar refractivity (Wildman–Crippen MR) is 78.0 cm³/mol. The van der Waals surface area contributed by atoms with Gasteiger partial charge in [-0.25, -0.2) is 0 Å². The molecule has 2 aromatic heterocycles. The maximum atomic E-state index is 12.0. The quantitative estimate of drug-likeness (QED) is 0.881. The number of pyridine rings is 1. The van der Waals surface area contributed by atoms with Crippen LogP contribution in [0.2, 0.25) is 0 Å². The van der Waals surface area contributed by atoms with Gasteiger partial charge in [0.05, 0.1) is 32.0 Å². The molecule has 0 spiro atoms. The molecule has 116 valence electrons. The second kappa shape index (κ2) is 7.15. The fraction of sp³-hybridized carbons (Fsp3) is 0.400. The van der Waals surface area contributed by atoms with Gasteiger partial charge in [-0.15, -0.1) is 0 Å². The van der Waals surface area contributed by atoms with Gasteiger partial charge in [-0.05, 0) is 12.1 Å². The van der Waals surface area contributed by atoms with Crippen LogP contribution in [0.25, 0.3) is 0 Å². The predicted octanol–water partition coefficient (Wildman–Crippen LogP) is 0.832. The molecule has 7 nitrogen and oxygen atoms in total. The number of aromatic nitrogens is 2. The summed E-state index contributed by atoms with van der Waals surface area (Å²) >= 11 is 0. The summed E-state index contributed by atoms with van der Waals surface area (Å²) in [6.45, 7) is 4.19. The van der Waals surface area contributed by atoms with Gasteiger partial charge >= 0.3 is 0 Å². The molecule has 3 heterocycles. The molecule has 3 rings (SSSR count). The van der Waals surface area contributed by atoms with Crippen LogP contribution in [-0.2, 0) is 17.8 Å². The van der Waals surface area contributed by atoms with Crippen molar-refractivity contribution in [2.75, 3.05) is 26.3 Å². The minimum Gasteiger partial charge on any atom is -0.379 e. The zero-order valence-electron chi connectivity index (χ0n) is 12.2. The Hall–Kier alpha value is -2.25. The van der Waals surface area contributed by atoms with Crippen molar-refractivity contribution in [1.29, 1.82) is 0 Å². The molecule has 7 heteroatoms. The summed E-state index contributed by atoms with van der Waals surface area (Å²) in [5, 5.41) is 6.60. The molecule has 0 atom stereocenters. The number of hydrogen-bond acceptors (Lipinski definition) is 6. The van der Waals surface area contributed by atoms with E-state index < -0.39 is 0 Å². The standard InChI is InChI=1S/C15H18N4O3/c20-15(17-10-12-3-1-2-4-16-12)14-9-13(22-18-14)11-19-5-7-21-8-6-19/h1-4,9H,5-8,10-11H2,(H,17,20). The van der Waals surface area contributed by atoms with Gasteiger partial charge in [0.15, 0.2) is 11.5 Å². The molecule has 1 N–H and O–H groups in total. The summed E-state index contributed by atoms with van der Waals surface area (Å²) < 4.78 is 10.5. The summed E-state index contributed by atoms with van der Waals surface area (Å²) in [6, 6.07) is 7.25. The minimum atomic E-state index is -0.261. The van der Waals surface area contributed by atoms with Crippen molar-refractivity contribution in [3.05, 3.63) is 47.6 Å². The lowest BCUT2D eigenvalue weighted by Crippen LogP contribution is -2.35. The number of morpholine rings is 1. The summed E-state index contributed by atoms with van der Waals surface area (Å²) in [5.41, 5.74) is 1.09. The molecule has 1 aliphatic rings. The SMILES string of the molecule is O=C(NCc1ccccn1)c1cc(CN2CCOCC2)on1. The Bertz CT molecular complexity index is 608. The van der Waals surface area contributed by atoms with Crippen LogP contribution in [-0.4, -0.2) is 47.3 Å². The summed E-state index contributed by atoms with van der Waals surface area (Å²) in [4.78, 5) is 18.4. The van der Waals surface area contributed by atoms with Crippen molar-refractivity contribution >= 4 is 5.91 Å². The fourth-order valence-electron chi connectivity index (χ4n) is 2.24. The van der Waals surface area contributed by atoms with Gasteiger partial charge in [0.1, 0.15) is 0 Å². The summed E-state index contributed by atoms with van der Waals surface area (Å²) in [6.07, 6.45) is 1.69. The number of amides is 1. The summed E-state index contributed by atoms with van der Waals surface area (Å²) in [7, 11) is 0. The van der Waals surface area contributed by atoms with Crippen LogP contribution in [0.5, 0.6) is 0 Å². The zero-order chi connectivity index (χ0) is 15.2. The average Bonchev–Trinajstić information content (AvgIpc) is 3.03. The third-order valence-corrected chi connectivity index (χ3v) is 3.43. The second-order valence-corrected chi connectivity index (χ2v) is 5.07. The van der Waals surface area contributed by atoms with Crippen molar-refractivity contribution in [3.63, 3.8) is 0 Å². The monoisotopic (exact) mass is 302 g/mol. The maximum absolute atomic E-state index is 12.0. The molecule has 0 bridgehead atoms. The van der Waals surface area contributed by atoms with Crippen LogP contribution in [0.3, 0.4) is 0 Å². The highest BCUT2D eigenvalue weighted by Crippen LogP contribution is 2.09. The number of nitrogens with one attached hydrogen (secondary N) is 1. The van der Waals surface area contributed by atoms with Gasteiger partial charge in [0, 0.05) is 25.4 Å². The molecule has 0 saturated carbocycles. The second-order valence-electron chi connectivity index (χ2n) is 5.07. The molecule has 22 heavy (non-hydrogen) atoms. The molecular weight excluding hydrogens is 284 g/mol. The molecule has 0 unspecified atom stereocenters. The number of carbonyl (C=O) groups excluding carboxylic acids is 1. The Balaban J connectivity index is 1.52. The maximum Gasteiger partial charge on any atom is 0.273 e. The van der Waals surface area contributed by atoms with Crippen molar-refractivity contribution in [2.24, 2.45) is 0 Å². The highest BCUT2D eigenvalue weighted by atomic mass is 16.5. The van der Waals surface area contributed by atoms with E-state index >= 15 is 0 Å².